The Kier molecular flexibility index (Phi) is 3.90. The van der Waals surface area contributed by atoms with Crippen molar-refractivity contribution in [3.05, 3.63) is 34.6 Å². The number of hydrogen-bond donors (Lipinski definition) is 0. The van der Waals surface area contributed by atoms with Gasteiger partial charge in [-0.2, -0.15) is 0 Å². The predicted octanol–water partition coefficient (Wildman–Crippen LogP) is 3.43. The molecule has 0 unspecified atom stereocenters. The zero-order valence-electron chi connectivity index (χ0n) is 11.3. The van der Waals surface area contributed by atoms with E-state index in [-0.39, 0.29) is 0 Å². The maximum atomic E-state index is 6.10. The number of aromatic nitrogens is 2. The number of aryl methyl sites for hydroxylation is 1. The minimum atomic E-state index is 0.462. The van der Waals surface area contributed by atoms with E-state index in [1.165, 1.54) is 0 Å². The average molecular weight is 279 g/mol. The van der Waals surface area contributed by atoms with Gasteiger partial charge in [0.15, 0.2) is 5.82 Å². The molecule has 0 atom stereocenters. The van der Waals surface area contributed by atoms with Gasteiger partial charge in [0.2, 0.25) is 0 Å². The van der Waals surface area contributed by atoms with Gasteiger partial charge >= 0.3 is 0 Å². The van der Waals surface area contributed by atoms with Crippen LogP contribution in [0.25, 0.3) is 11.4 Å². The normalized spacial score (nSPS) is 10.4. The summed E-state index contributed by atoms with van der Waals surface area (Å²) in [6.45, 7) is 3.80. The Morgan fingerprint density at radius 2 is 1.53 bits per heavy atom. The number of halogens is 1. The van der Waals surface area contributed by atoms with Crippen molar-refractivity contribution in [1.29, 1.82) is 0 Å². The van der Waals surface area contributed by atoms with Gasteiger partial charge in [0.1, 0.15) is 16.7 Å². The van der Waals surface area contributed by atoms with Gasteiger partial charge in [0.25, 0.3) is 0 Å². The Bertz CT molecular complexity index is 569. The van der Waals surface area contributed by atoms with Crippen molar-refractivity contribution < 1.29 is 9.47 Å². The molecule has 0 amide bonds. The van der Waals surface area contributed by atoms with Gasteiger partial charge in [-0.3, -0.25) is 0 Å². The molecule has 4 nitrogen and oxygen atoms in total. The Morgan fingerprint density at radius 1 is 0.947 bits per heavy atom. The summed E-state index contributed by atoms with van der Waals surface area (Å²) in [6, 6.07) is 5.50. The molecule has 0 saturated carbocycles. The van der Waals surface area contributed by atoms with Crippen LogP contribution in [0.5, 0.6) is 11.5 Å². The fourth-order valence-electron chi connectivity index (χ4n) is 1.66. The van der Waals surface area contributed by atoms with E-state index in [1.807, 2.05) is 26.0 Å². The average Bonchev–Trinajstić information content (AvgIpc) is 2.43. The third kappa shape index (κ3) is 2.79. The van der Waals surface area contributed by atoms with E-state index in [0.29, 0.717) is 22.5 Å². The summed E-state index contributed by atoms with van der Waals surface area (Å²) in [7, 11) is 3.21. The molecule has 2 rings (SSSR count). The Morgan fingerprint density at radius 3 is 2.00 bits per heavy atom. The highest BCUT2D eigenvalue weighted by Crippen LogP contribution is 2.29. The van der Waals surface area contributed by atoms with Crippen LogP contribution >= 0.6 is 11.6 Å². The first-order chi connectivity index (χ1) is 9.05. The Hall–Kier alpha value is -1.81. The third-order valence-electron chi connectivity index (χ3n) is 2.94. The third-order valence-corrected chi connectivity index (χ3v) is 3.31. The minimum absolute atomic E-state index is 0.462. The number of nitrogens with zero attached hydrogens (tertiary/aromatic N) is 2. The Labute approximate surface area is 117 Å². The first-order valence-electron chi connectivity index (χ1n) is 5.79. The number of hydrogen-bond acceptors (Lipinski definition) is 4. The summed E-state index contributed by atoms with van der Waals surface area (Å²) in [5.41, 5.74) is 2.55. The van der Waals surface area contributed by atoms with E-state index in [0.717, 1.165) is 16.8 Å². The molecule has 1 aromatic carbocycles. The van der Waals surface area contributed by atoms with Crippen LogP contribution in [0.4, 0.5) is 0 Å². The second kappa shape index (κ2) is 5.45. The van der Waals surface area contributed by atoms with Gasteiger partial charge in [0.05, 0.1) is 14.2 Å². The molecular weight excluding hydrogens is 264 g/mol. The number of benzene rings is 1. The second-order valence-corrected chi connectivity index (χ2v) is 4.51. The van der Waals surface area contributed by atoms with E-state index < -0.39 is 0 Å². The van der Waals surface area contributed by atoms with E-state index in [4.69, 9.17) is 21.1 Å². The van der Waals surface area contributed by atoms with Crippen LogP contribution in [0.3, 0.4) is 0 Å². The molecule has 1 heterocycles. The van der Waals surface area contributed by atoms with Crippen molar-refractivity contribution in [2.45, 2.75) is 13.8 Å². The van der Waals surface area contributed by atoms with Crippen LogP contribution in [-0.2, 0) is 0 Å². The van der Waals surface area contributed by atoms with Crippen LogP contribution in [0, 0.1) is 13.8 Å². The smallest absolute Gasteiger partial charge is 0.161 e. The van der Waals surface area contributed by atoms with E-state index in [9.17, 15) is 0 Å². The molecule has 1 aromatic heterocycles. The van der Waals surface area contributed by atoms with Crippen molar-refractivity contribution in [1.82, 2.24) is 9.97 Å². The lowest BCUT2D eigenvalue weighted by molar-refractivity contribution is 0.394. The fourth-order valence-corrected chi connectivity index (χ4v) is 1.88. The molecular formula is C14H15ClN2O2. The molecule has 5 heteroatoms. The summed E-state index contributed by atoms with van der Waals surface area (Å²) in [5.74, 6) is 1.94. The zero-order chi connectivity index (χ0) is 14.0. The molecule has 0 aliphatic heterocycles. The van der Waals surface area contributed by atoms with Crippen molar-refractivity contribution in [2.24, 2.45) is 0 Å². The predicted molar refractivity (Wildman–Crippen MR) is 75.1 cm³/mol. The van der Waals surface area contributed by atoms with E-state index in [1.54, 1.807) is 20.3 Å². The molecule has 2 aromatic rings. The standard InChI is InChI=1S/C14H15ClN2O2/c1-8-9(2)16-14(17-13(8)15)10-5-11(18-3)7-12(6-10)19-4/h5-7H,1-4H3. The molecule has 0 radical (unpaired) electrons. The number of methoxy groups -OCH3 is 2. The summed E-state index contributed by atoms with van der Waals surface area (Å²) in [4.78, 5) is 8.75. The van der Waals surface area contributed by atoms with Crippen LogP contribution in [0.1, 0.15) is 11.3 Å². The summed E-state index contributed by atoms with van der Waals surface area (Å²) in [5, 5.41) is 0.462. The summed E-state index contributed by atoms with van der Waals surface area (Å²) < 4.78 is 10.5. The molecule has 0 spiro atoms. The quantitative estimate of drug-likeness (QED) is 0.807. The van der Waals surface area contributed by atoms with Gasteiger partial charge in [-0.25, -0.2) is 9.97 Å². The summed E-state index contributed by atoms with van der Waals surface area (Å²) in [6.07, 6.45) is 0. The van der Waals surface area contributed by atoms with E-state index >= 15 is 0 Å². The number of rotatable bonds is 3. The van der Waals surface area contributed by atoms with Crippen LogP contribution in [0.15, 0.2) is 18.2 Å². The molecule has 0 saturated heterocycles. The van der Waals surface area contributed by atoms with Gasteiger partial charge < -0.3 is 9.47 Å². The zero-order valence-corrected chi connectivity index (χ0v) is 12.1. The van der Waals surface area contributed by atoms with Crippen molar-refractivity contribution in [2.75, 3.05) is 14.2 Å². The molecule has 19 heavy (non-hydrogen) atoms. The molecule has 0 fully saturated rings. The van der Waals surface area contributed by atoms with Crippen LogP contribution in [0.2, 0.25) is 5.15 Å². The van der Waals surface area contributed by atoms with Crippen molar-refractivity contribution in [3.8, 4) is 22.9 Å². The lowest BCUT2D eigenvalue weighted by atomic mass is 10.1. The van der Waals surface area contributed by atoms with Gasteiger partial charge in [0, 0.05) is 22.9 Å². The summed E-state index contributed by atoms with van der Waals surface area (Å²) >= 11 is 6.10. The monoisotopic (exact) mass is 278 g/mol. The highest BCUT2D eigenvalue weighted by atomic mass is 35.5. The van der Waals surface area contributed by atoms with Gasteiger partial charge in [-0.1, -0.05) is 11.6 Å². The fraction of sp³-hybridized carbons (Fsp3) is 0.286. The van der Waals surface area contributed by atoms with Crippen molar-refractivity contribution >= 4 is 11.6 Å². The molecule has 0 bridgehead atoms. The first kappa shape index (κ1) is 13.6. The second-order valence-electron chi connectivity index (χ2n) is 4.15. The molecule has 0 N–H and O–H groups in total. The first-order valence-corrected chi connectivity index (χ1v) is 6.17. The molecule has 100 valence electrons. The number of ether oxygens (including phenoxy) is 2. The minimum Gasteiger partial charge on any atom is -0.497 e. The van der Waals surface area contributed by atoms with Crippen LogP contribution in [-0.4, -0.2) is 24.2 Å². The lowest BCUT2D eigenvalue weighted by Gasteiger charge is -2.09. The highest BCUT2D eigenvalue weighted by molar-refractivity contribution is 6.30. The molecule has 0 aliphatic rings. The van der Waals surface area contributed by atoms with Gasteiger partial charge in [-0.05, 0) is 26.0 Å². The largest absolute Gasteiger partial charge is 0.497 e. The maximum Gasteiger partial charge on any atom is 0.161 e. The topological polar surface area (TPSA) is 44.2 Å². The SMILES string of the molecule is COc1cc(OC)cc(-c2nc(C)c(C)c(Cl)n2)c1. The molecule has 0 aliphatic carbocycles. The van der Waals surface area contributed by atoms with Gasteiger partial charge in [-0.15, -0.1) is 0 Å². The van der Waals surface area contributed by atoms with E-state index in [2.05, 4.69) is 9.97 Å². The van der Waals surface area contributed by atoms with Crippen LogP contribution < -0.4 is 9.47 Å². The Balaban J connectivity index is 2.58. The van der Waals surface area contributed by atoms with Crippen molar-refractivity contribution in [3.63, 3.8) is 0 Å². The maximum absolute atomic E-state index is 6.10. The lowest BCUT2D eigenvalue weighted by Crippen LogP contribution is -1.97. The highest BCUT2D eigenvalue weighted by Gasteiger charge is 2.10.